The van der Waals surface area contributed by atoms with E-state index < -0.39 is 0 Å². The summed E-state index contributed by atoms with van der Waals surface area (Å²) in [5.41, 5.74) is 5.92. The molecule has 1 N–H and O–H groups in total. The Hall–Kier alpha value is -2.56. The lowest BCUT2D eigenvalue weighted by molar-refractivity contribution is 0.446. The first-order chi connectivity index (χ1) is 12.8. The van der Waals surface area contributed by atoms with Gasteiger partial charge in [0.1, 0.15) is 11.5 Å². The largest absolute Gasteiger partial charge is 0.345 e. The van der Waals surface area contributed by atoms with Crippen molar-refractivity contribution < 1.29 is 0 Å². The quantitative estimate of drug-likeness (QED) is 0.691. The van der Waals surface area contributed by atoms with E-state index in [1.165, 1.54) is 0 Å². The highest BCUT2D eigenvalue weighted by molar-refractivity contribution is 6.00. The van der Waals surface area contributed by atoms with Crippen LogP contribution in [0.25, 0.3) is 22.3 Å². The van der Waals surface area contributed by atoms with Gasteiger partial charge in [-0.1, -0.05) is 27.7 Å². The van der Waals surface area contributed by atoms with Crippen LogP contribution in [0.4, 0.5) is 5.69 Å². The minimum absolute atomic E-state index is 0.127. The van der Waals surface area contributed by atoms with Crippen LogP contribution in [-0.4, -0.2) is 25.6 Å². The lowest BCUT2D eigenvalue weighted by Gasteiger charge is -2.29. The Labute approximate surface area is 160 Å². The predicted molar refractivity (Wildman–Crippen MR) is 111 cm³/mol. The Morgan fingerprint density at radius 3 is 2.59 bits per heavy atom. The molecular formula is C22H27N5. The Balaban J connectivity index is 1.79. The molecule has 1 aliphatic heterocycles. The molecule has 5 nitrogen and oxygen atoms in total. The van der Waals surface area contributed by atoms with Gasteiger partial charge in [-0.05, 0) is 37.8 Å². The maximum Gasteiger partial charge on any atom is 0.141 e. The molecule has 1 unspecified atom stereocenters. The minimum Gasteiger partial charge on any atom is -0.345 e. The summed E-state index contributed by atoms with van der Waals surface area (Å²) in [4.78, 5) is 22.4. The minimum atomic E-state index is -0.127. The zero-order valence-electron chi connectivity index (χ0n) is 17.0. The summed E-state index contributed by atoms with van der Waals surface area (Å²) in [5.74, 6) is 1.84. The molecule has 4 rings (SSSR count). The van der Waals surface area contributed by atoms with E-state index in [1.54, 1.807) is 0 Å². The van der Waals surface area contributed by atoms with Gasteiger partial charge in [0, 0.05) is 35.5 Å². The van der Waals surface area contributed by atoms with E-state index >= 15 is 0 Å². The molecule has 4 heterocycles. The molecule has 3 aromatic heterocycles. The van der Waals surface area contributed by atoms with Crippen molar-refractivity contribution >= 4 is 22.4 Å². The molecule has 3 aromatic rings. The zero-order chi connectivity index (χ0) is 19.3. The van der Waals surface area contributed by atoms with Crippen molar-refractivity contribution in [1.29, 1.82) is 0 Å². The summed E-state index contributed by atoms with van der Waals surface area (Å²) >= 11 is 0. The summed E-state index contributed by atoms with van der Waals surface area (Å²) < 4.78 is 0. The number of fused-ring (bicyclic) bond motifs is 2. The average Bonchev–Trinajstić information content (AvgIpc) is 3.14. The molecule has 5 heteroatoms. The Morgan fingerprint density at radius 2 is 1.89 bits per heavy atom. The molecule has 0 spiro atoms. The summed E-state index contributed by atoms with van der Waals surface area (Å²) in [5, 5.41) is 1.01. The van der Waals surface area contributed by atoms with Crippen molar-refractivity contribution in [2.24, 2.45) is 16.8 Å². The van der Waals surface area contributed by atoms with Gasteiger partial charge in [0.25, 0.3) is 0 Å². The second-order valence-corrected chi connectivity index (χ2v) is 8.47. The highest BCUT2D eigenvalue weighted by atomic mass is 14.9. The molecule has 140 valence electrons. The van der Waals surface area contributed by atoms with Gasteiger partial charge in [-0.3, -0.25) is 4.99 Å². The van der Waals surface area contributed by atoms with Gasteiger partial charge in [-0.2, -0.15) is 0 Å². The fourth-order valence-corrected chi connectivity index (χ4v) is 3.85. The number of aromatic nitrogens is 4. The van der Waals surface area contributed by atoms with Crippen LogP contribution in [0.5, 0.6) is 0 Å². The van der Waals surface area contributed by atoms with Crippen LogP contribution in [-0.2, 0) is 11.8 Å². The Morgan fingerprint density at radius 1 is 1.11 bits per heavy atom. The fraction of sp³-hybridized carbons (Fsp3) is 0.455. The van der Waals surface area contributed by atoms with Gasteiger partial charge in [0.05, 0.1) is 22.5 Å². The average molecular weight is 361 g/mol. The Bertz CT molecular complexity index is 1040. The number of hydrogen-bond donors (Lipinski definition) is 1. The van der Waals surface area contributed by atoms with E-state index in [0.717, 1.165) is 51.6 Å². The summed E-state index contributed by atoms with van der Waals surface area (Å²) in [7, 11) is 0. The SMILES string of the molecule is CC1=Nc2ccc(-c3c[nH]c4nc(CC(C)C)ncc34)nc2C1(C)C(C)C. The molecular weight excluding hydrogens is 334 g/mol. The van der Waals surface area contributed by atoms with Crippen molar-refractivity contribution in [1.82, 2.24) is 19.9 Å². The van der Waals surface area contributed by atoms with Crippen molar-refractivity contribution in [3.05, 3.63) is 36.0 Å². The third-order valence-corrected chi connectivity index (χ3v) is 5.91. The maximum atomic E-state index is 5.05. The zero-order valence-corrected chi connectivity index (χ0v) is 17.0. The molecule has 0 aromatic carbocycles. The molecule has 0 saturated heterocycles. The standard InChI is InChI=1S/C22H27N5/c1-12(2)9-19-23-11-16-15(10-24-21(16)27-19)17-7-8-18-20(26-17)22(6,13(3)4)14(5)25-18/h7-8,10-13H,9H2,1-6H3,(H,23,24,27). The predicted octanol–water partition coefficient (Wildman–Crippen LogP) is 5.24. The number of H-pyrrole nitrogens is 1. The summed E-state index contributed by atoms with van der Waals surface area (Å²) in [6.07, 6.45) is 4.79. The van der Waals surface area contributed by atoms with Gasteiger partial charge < -0.3 is 4.98 Å². The number of hydrogen-bond acceptors (Lipinski definition) is 4. The number of aliphatic imine (C=N–C) groups is 1. The molecule has 0 fully saturated rings. The third kappa shape index (κ3) is 2.76. The van der Waals surface area contributed by atoms with Crippen LogP contribution in [0.2, 0.25) is 0 Å². The smallest absolute Gasteiger partial charge is 0.141 e. The van der Waals surface area contributed by atoms with Crippen molar-refractivity contribution in [2.75, 3.05) is 0 Å². The Kier molecular flexibility index (Phi) is 4.13. The van der Waals surface area contributed by atoms with Crippen LogP contribution in [0.1, 0.15) is 53.1 Å². The van der Waals surface area contributed by atoms with Crippen LogP contribution in [0.3, 0.4) is 0 Å². The van der Waals surface area contributed by atoms with Crippen molar-refractivity contribution in [3.63, 3.8) is 0 Å². The van der Waals surface area contributed by atoms with Gasteiger partial charge in [-0.25, -0.2) is 15.0 Å². The molecule has 27 heavy (non-hydrogen) atoms. The highest BCUT2D eigenvalue weighted by Crippen LogP contribution is 2.44. The van der Waals surface area contributed by atoms with Gasteiger partial charge >= 0.3 is 0 Å². The van der Waals surface area contributed by atoms with Crippen molar-refractivity contribution in [3.8, 4) is 11.3 Å². The van der Waals surface area contributed by atoms with Crippen molar-refractivity contribution in [2.45, 2.75) is 53.4 Å². The van der Waals surface area contributed by atoms with Gasteiger partial charge in [0.15, 0.2) is 0 Å². The molecule has 0 amide bonds. The number of aromatic amines is 1. The molecule has 1 aliphatic rings. The first-order valence-corrected chi connectivity index (χ1v) is 9.71. The first kappa shape index (κ1) is 17.8. The topological polar surface area (TPSA) is 66.8 Å². The third-order valence-electron chi connectivity index (χ3n) is 5.91. The maximum absolute atomic E-state index is 5.05. The van der Waals surface area contributed by atoms with E-state index in [0.29, 0.717) is 11.8 Å². The van der Waals surface area contributed by atoms with Gasteiger partial charge in [0.2, 0.25) is 0 Å². The lowest BCUT2D eigenvalue weighted by atomic mass is 9.73. The second kappa shape index (κ2) is 6.25. The normalized spacial score (nSPS) is 19.2. The fourth-order valence-electron chi connectivity index (χ4n) is 3.85. The van der Waals surface area contributed by atoms with E-state index in [9.17, 15) is 0 Å². The molecule has 1 atom stereocenters. The first-order valence-electron chi connectivity index (χ1n) is 9.71. The monoisotopic (exact) mass is 361 g/mol. The number of nitrogens with zero attached hydrogens (tertiary/aromatic N) is 4. The van der Waals surface area contributed by atoms with E-state index in [1.807, 2.05) is 18.5 Å². The molecule has 0 radical (unpaired) electrons. The number of rotatable bonds is 4. The van der Waals surface area contributed by atoms with Gasteiger partial charge in [-0.15, -0.1) is 0 Å². The van der Waals surface area contributed by atoms with Crippen LogP contribution < -0.4 is 0 Å². The van der Waals surface area contributed by atoms with Crippen LogP contribution in [0.15, 0.2) is 29.5 Å². The van der Waals surface area contributed by atoms with E-state index in [2.05, 4.69) is 62.6 Å². The van der Waals surface area contributed by atoms with E-state index in [-0.39, 0.29) is 5.41 Å². The summed E-state index contributed by atoms with van der Waals surface area (Å²) in [6.45, 7) is 13.2. The summed E-state index contributed by atoms with van der Waals surface area (Å²) in [6, 6.07) is 4.13. The van der Waals surface area contributed by atoms with Crippen LogP contribution in [0, 0.1) is 11.8 Å². The van der Waals surface area contributed by atoms with Crippen LogP contribution >= 0.6 is 0 Å². The second-order valence-electron chi connectivity index (χ2n) is 8.47. The number of nitrogens with one attached hydrogen (secondary N) is 1. The molecule has 0 saturated carbocycles. The molecule has 0 aliphatic carbocycles. The lowest BCUT2D eigenvalue weighted by Crippen LogP contribution is -2.34. The van der Waals surface area contributed by atoms with E-state index in [4.69, 9.17) is 9.98 Å². The number of pyridine rings is 1. The highest BCUT2D eigenvalue weighted by Gasteiger charge is 2.41. The molecule has 0 bridgehead atoms.